The second-order valence-electron chi connectivity index (χ2n) is 7.31. The maximum atomic E-state index is 12.8. The van der Waals surface area contributed by atoms with Crippen LogP contribution in [0.25, 0.3) is 11.3 Å². The third-order valence-electron chi connectivity index (χ3n) is 4.94. The van der Waals surface area contributed by atoms with E-state index in [0.717, 1.165) is 41.0 Å². The van der Waals surface area contributed by atoms with Crippen molar-refractivity contribution in [1.82, 2.24) is 14.9 Å². The summed E-state index contributed by atoms with van der Waals surface area (Å²) in [7, 11) is 1.83. The minimum absolute atomic E-state index is 0.0694. The number of carbonyl (C=O) groups is 2. The van der Waals surface area contributed by atoms with Crippen LogP contribution >= 0.6 is 11.3 Å². The van der Waals surface area contributed by atoms with Crippen LogP contribution in [-0.4, -0.2) is 32.9 Å². The van der Waals surface area contributed by atoms with Gasteiger partial charge in [0.05, 0.1) is 17.9 Å². The van der Waals surface area contributed by atoms with Gasteiger partial charge in [-0.25, -0.2) is 4.79 Å². The molecule has 0 bridgehead atoms. The van der Waals surface area contributed by atoms with Crippen LogP contribution in [0.5, 0.6) is 0 Å². The number of carbonyl (C=O) groups excluding carboxylic acids is 2. The first kappa shape index (κ1) is 19.4. The molecule has 8 nitrogen and oxygen atoms in total. The van der Waals surface area contributed by atoms with Gasteiger partial charge in [0.2, 0.25) is 5.76 Å². The molecule has 3 aromatic heterocycles. The van der Waals surface area contributed by atoms with E-state index in [0.29, 0.717) is 16.3 Å². The van der Waals surface area contributed by atoms with Crippen molar-refractivity contribution in [2.75, 3.05) is 5.32 Å². The van der Waals surface area contributed by atoms with E-state index in [-0.39, 0.29) is 11.9 Å². The number of hydrogen-bond donors (Lipinski definition) is 1. The molecule has 0 aliphatic heterocycles. The third kappa shape index (κ3) is 3.57. The van der Waals surface area contributed by atoms with Crippen molar-refractivity contribution in [2.45, 2.75) is 46.1 Å². The molecular weight excluding hydrogens is 392 g/mol. The molecule has 0 fully saturated rings. The van der Waals surface area contributed by atoms with Gasteiger partial charge in [-0.3, -0.25) is 9.48 Å². The molecule has 152 valence electrons. The molecule has 0 atom stereocenters. The fourth-order valence-corrected chi connectivity index (χ4v) is 4.68. The molecule has 3 heterocycles. The summed E-state index contributed by atoms with van der Waals surface area (Å²) in [5, 5.41) is 11.5. The van der Waals surface area contributed by atoms with Crippen LogP contribution in [0.2, 0.25) is 0 Å². The number of aromatic nitrogens is 3. The second-order valence-corrected chi connectivity index (χ2v) is 8.42. The summed E-state index contributed by atoms with van der Waals surface area (Å²) in [6.45, 7) is 5.52. The van der Waals surface area contributed by atoms with Crippen molar-refractivity contribution in [2.24, 2.45) is 7.05 Å². The Hall–Kier alpha value is -2.94. The van der Waals surface area contributed by atoms with Crippen molar-refractivity contribution < 1.29 is 18.8 Å². The molecule has 1 aliphatic carbocycles. The summed E-state index contributed by atoms with van der Waals surface area (Å²) < 4.78 is 12.4. The van der Waals surface area contributed by atoms with Gasteiger partial charge in [-0.05, 0) is 45.6 Å². The summed E-state index contributed by atoms with van der Waals surface area (Å²) >= 11 is 1.43. The van der Waals surface area contributed by atoms with Crippen LogP contribution in [-0.2, 0) is 24.6 Å². The topological polar surface area (TPSA) is 99.2 Å². The van der Waals surface area contributed by atoms with E-state index >= 15 is 0 Å². The quantitative estimate of drug-likeness (QED) is 0.639. The second kappa shape index (κ2) is 7.47. The lowest BCUT2D eigenvalue weighted by Crippen LogP contribution is -2.17. The van der Waals surface area contributed by atoms with Crippen LogP contribution in [0.4, 0.5) is 5.00 Å². The smallest absolute Gasteiger partial charge is 0.341 e. The van der Waals surface area contributed by atoms with Gasteiger partial charge in [-0.15, -0.1) is 11.3 Å². The molecule has 0 radical (unpaired) electrons. The Labute approximate surface area is 171 Å². The van der Waals surface area contributed by atoms with Gasteiger partial charge in [-0.2, -0.15) is 5.10 Å². The molecule has 3 aromatic rings. The van der Waals surface area contributed by atoms with Crippen molar-refractivity contribution in [1.29, 1.82) is 0 Å². The Morgan fingerprint density at radius 2 is 2.14 bits per heavy atom. The maximum absolute atomic E-state index is 12.8. The average Bonchev–Trinajstić information content (AvgIpc) is 3.40. The number of thiophene rings is 1. The first-order valence-electron chi connectivity index (χ1n) is 9.47. The van der Waals surface area contributed by atoms with Gasteiger partial charge in [0.25, 0.3) is 5.91 Å². The Morgan fingerprint density at radius 1 is 1.34 bits per heavy atom. The molecule has 9 heteroatoms. The van der Waals surface area contributed by atoms with Crippen LogP contribution < -0.4 is 5.32 Å². The Kier molecular flexibility index (Phi) is 4.99. The van der Waals surface area contributed by atoms with Crippen molar-refractivity contribution >= 4 is 28.2 Å². The Bertz CT molecular complexity index is 1090. The SMILES string of the molecule is Cc1c(-c2cc(C(=O)Nc3sc4c(c3C(=O)OC(C)C)CCC4)on2)cnn1C. The number of aryl methyl sites for hydroxylation is 2. The molecule has 1 N–H and O–H groups in total. The molecule has 1 amide bonds. The van der Waals surface area contributed by atoms with Gasteiger partial charge < -0.3 is 14.6 Å². The van der Waals surface area contributed by atoms with E-state index in [4.69, 9.17) is 9.26 Å². The predicted molar refractivity (Wildman–Crippen MR) is 108 cm³/mol. The standard InChI is InChI=1S/C20H22N4O4S/c1-10(2)27-20(26)17-12-6-5-7-16(12)29-19(17)22-18(25)15-8-14(23-28-15)13-9-21-24(4)11(13)3/h8-10H,5-7H2,1-4H3,(H,22,25). The number of amides is 1. The summed E-state index contributed by atoms with van der Waals surface area (Å²) in [6, 6.07) is 1.58. The monoisotopic (exact) mass is 414 g/mol. The average molecular weight is 414 g/mol. The van der Waals surface area contributed by atoms with Crippen molar-refractivity contribution in [3.63, 3.8) is 0 Å². The minimum Gasteiger partial charge on any atom is -0.459 e. The normalized spacial score (nSPS) is 13.0. The largest absolute Gasteiger partial charge is 0.459 e. The molecule has 0 spiro atoms. The van der Waals surface area contributed by atoms with Gasteiger partial charge in [-0.1, -0.05) is 5.16 Å². The van der Waals surface area contributed by atoms with E-state index in [1.54, 1.807) is 30.8 Å². The summed E-state index contributed by atoms with van der Waals surface area (Å²) in [5.74, 6) is -0.789. The number of hydrogen-bond acceptors (Lipinski definition) is 7. The first-order valence-corrected chi connectivity index (χ1v) is 10.3. The zero-order valence-electron chi connectivity index (χ0n) is 16.7. The fourth-order valence-electron chi connectivity index (χ4n) is 3.41. The molecule has 0 saturated heterocycles. The van der Waals surface area contributed by atoms with E-state index in [9.17, 15) is 9.59 Å². The van der Waals surface area contributed by atoms with Gasteiger partial charge >= 0.3 is 5.97 Å². The molecule has 0 aromatic carbocycles. The van der Waals surface area contributed by atoms with Gasteiger partial charge in [0.15, 0.2) is 0 Å². The molecular formula is C20H22N4O4S. The summed E-state index contributed by atoms with van der Waals surface area (Å²) in [4.78, 5) is 26.5. The number of nitrogens with zero attached hydrogens (tertiary/aromatic N) is 3. The highest BCUT2D eigenvalue weighted by molar-refractivity contribution is 7.17. The molecule has 1 aliphatic rings. The zero-order chi connectivity index (χ0) is 20.7. The Balaban J connectivity index is 1.59. The van der Waals surface area contributed by atoms with Crippen LogP contribution in [0, 0.1) is 6.92 Å². The lowest BCUT2D eigenvalue weighted by molar-refractivity contribution is 0.0378. The molecule has 0 saturated carbocycles. The Morgan fingerprint density at radius 3 is 2.83 bits per heavy atom. The third-order valence-corrected chi connectivity index (χ3v) is 6.15. The summed E-state index contributed by atoms with van der Waals surface area (Å²) in [6.07, 6.45) is 4.18. The van der Waals surface area contributed by atoms with Gasteiger partial charge in [0, 0.05) is 29.2 Å². The maximum Gasteiger partial charge on any atom is 0.341 e. The summed E-state index contributed by atoms with van der Waals surface area (Å²) in [5.41, 5.74) is 3.70. The first-order chi connectivity index (χ1) is 13.8. The number of anilines is 1. The number of esters is 1. The fraction of sp³-hybridized carbons (Fsp3) is 0.400. The van der Waals surface area contributed by atoms with Crippen LogP contribution in [0.15, 0.2) is 16.8 Å². The molecule has 29 heavy (non-hydrogen) atoms. The zero-order valence-corrected chi connectivity index (χ0v) is 17.6. The van der Waals surface area contributed by atoms with E-state index in [2.05, 4.69) is 15.6 Å². The number of ether oxygens (including phenoxy) is 1. The van der Waals surface area contributed by atoms with Gasteiger partial charge in [0.1, 0.15) is 10.7 Å². The highest BCUT2D eigenvalue weighted by atomic mass is 32.1. The molecule has 4 rings (SSSR count). The van der Waals surface area contributed by atoms with E-state index < -0.39 is 11.9 Å². The van der Waals surface area contributed by atoms with E-state index in [1.165, 1.54) is 11.3 Å². The minimum atomic E-state index is -0.455. The predicted octanol–water partition coefficient (Wildman–Crippen LogP) is 3.75. The number of rotatable bonds is 5. The van der Waals surface area contributed by atoms with Crippen molar-refractivity contribution in [3.05, 3.63) is 39.7 Å². The van der Waals surface area contributed by atoms with Crippen molar-refractivity contribution in [3.8, 4) is 11.3 Å². The number of nitrogens with one attached hydrogen (secondary N) is 1. The number of fused-ring (bicyclic) bond motifs is 1. The lowest BCUT2D eigenvalue weighted by Gasteiger charge is -2.10. The van der Waals surface area contributed by atoms with Crippen LogP contribution in [0.1, 0.15) is 57.3 Å². The highest BCUT2D eigenvalue weighted by Gasteiger charge is 2.29. The molecule has 0 unspecified atom stereocenters. The lowest BCUT2D eigenvalue weighted by atomic mass is 10.1. The van der Waals surface area contributed by atoms with E-state index in [1.807, 2.05) is 14.0 Å². The van der Waals surface area contributed by atoms with Crippen LogP contribution in [0.3, 0.4) is 0 Å². The highest BCUT2D eigenvalue weighted by Crippen LogP contribution is 2.40.